The number of rotatable bonds is 5. The van der Waals surface area contributed by atoms with Gasteiger partial charge in [-0.15, -0.1) is 0 Å². The SMILES string of the molecule is CCOc1ccc([C@H]2NC(=O)NC3=C2C(=O)N(Cc2ccc(F)cc2)C3)cc1. The summed E-state index contributed by atoms with van der Waals surface area (Å²) >= 11 is 0. The summed E-state index contributed by atoms with van der Waals surface area (Å²) in [7, 11) is 0. The molecule has 0 saturated heterocycles. The lowest BCUT2D eigenvalue weighted by atomic mass is 9.96. The molecule has 2 N–H and O–H groups in total. The van der Waals surface area contributed by atoms with Gasteiger partial charge >= 0.3 is 6.03 Å². The fourth-order valence-corrected chi connectivity index (χ4v) is 3.54. The van der Waals surface area contributed by atoms with E-state index in [-0.39, 0.29) is 17.8 Å². The van der Waals surface area contributed by atoms with Crippen molar-refractivity contribution >= 4 is 11.9 Å². The van der Waals surface area contributed by atoms with Gasteiger partial charge in [-0.1, -0.05) is 24.3 Å². The molecule has 2 aromatic rings. The summed E-state index contributed by atoms with van der Waals surface area (Å²) in [5.41, 5.74) is 2.77. The van der Waals surface area contributed by atoms with Crippen LogP contribution >= 0.6 is 0 Å². The highest BCUT2D eigenvalue weighted by molar-refractivity contribution is 6.01. The summed E-state index contributed by atoms with van der Waals surface area (Å²) in [5.74, 6) is 0.267. The highest BCUT2D eigenvalue weighted by atomic mass is 19.1. The minimum atomic E-state index is -0.523. The van der Waals surface area contributed by atoms with Crippen LogP contribution in [0.1, 0.15) is 24.1 Å². The van der Waals surface area contributed by atoms with Crippen LogP contribution in [-0.4, -0.2) is 30.0 Å². The molecule has 0 aromatic heterocycles. The van der Waals surface area contributed by atoms with Crippen molar-refractivity contribution < 1.29 is 18.7 Å². The second-order valence-electron chi connectivity index (χ2n) is 6.71. The molecule has 28 heavy (non-hydrogen) atoms. The number of ether oxygens (including phenoxy) is 1. The Kier molecular flexibility index (Phi) is 4.73. The maximum absolute atomic E-state index is 13.1. The number of hydrogen-bond donors (Lipinski definition) is 2. The van der Waals surface area contributed by atoms with E-state index in [4.69, 9.17) is 4.74 Å². The van der Waals surface area contributed by atoms with Gasteiger partial charge in [-0.05, 0) is 42.3 Å². The molecule has 0 spiro atoms. The minimum Gasteiger partial charge on any atom is -0.494 e. The standard InChI is InChI=1S/C21H20FN3O3/c1-2-28-16-9-5-14(6-10-16)19-18-17(23-21(27)24-19)12-25(20(18)26)11-13-3-7-15(22)8-4-13/h3-10,19H,2,11-12H2,1H3,(H2,23,24,27)/t19-/m1/s1. The van der Waals surface area contributed by atoms with Gasteiger partial charge in [-0.25, -0.2) is 9.18 Å². The van der Waals surface area contributed by atoms with Gasteiger partial charge in [0, 0.05) is 6.54 Å². The van der Waals surface area contributed by atoms with Crippen LogP contribution in [0.5, 0.6) is 5.75 Å². The van der Waals surface area contributed by atoms with E-state index in [9.17, 15) is 14.0 Å². The van der Waals surface area contributed by atoms with Gasteiger partial charge in [0.1, 0.15) is 11.6 Å². The Labute approximate surface area is 162 Å². The minimum absolute atomic E-state index is 0.147. The monoisotopic (exact) mass is 381 g/mol. The maximum atomic E-state index is 13.1. The Hall–Kier alpha value is -3.35. The molecule has 0 radical (unpaired) electrons. The summed E-state index contributed by atoms with van der Waals surface area (Å²) in [6.07, 6.45) is 0. The second kappa shape index (κ2) is 7.34. The van der Waals surface area contributed by atoms with Crippen molar-refractivity contribution in [3.05, 3.63) is 76.7 Å². The van der Waals surface area contributed by atoms with Crippen LogP contribution in [0.2, 0.25) is 0 Å². The molecule has 0 aliphatic carbocycles. The van der Waals surface area contributed by atoms with Gasteiger partial charge < -0.3 is 20.3 Å². The molecule has 2 heterocycles. The molecule has 3 amide bonds. The molecule has 0 bridgehead atoms. The van der Waals surface area contributed by atoms with Gasteiger partial charge in [-0.3, -0.25) is 4.79 Å². The lowest BCUT2D eigenvalue weighted by molar-refractivity contribution is -0.126. The Morgan fingerprint density at radius 3 is 2.50 bits per heavy atom. The highest BCUT2D eigenvalue weighted by Gasteiger charge is 2.40. The van der Waals surface area contributed by atoms with Crippen LogP contribution in [0.25, 0.3) is 0 Å². The molecule has 2 aliphatic heterocycles. The van der Waals surface area contributed by atoms with E-state index in [1.54, 1.807) is 17.0 Å². The average molecular weight is 381 g/mol. The molecule has 1 atom stereocenters. The van der Waals surface area contributed by atoms with Crippen molar-refractivity contribution in [1.82, 2.24) is 15.5 Å². The zero-order chi connectivity index (χ0) is 19.7. The highest BCUT2D eigenvalue weighted by Crippen LogP contribution is 2.33. The van der Waals surface area contributed by atoms with Crippen LogP contribution in [0, 0.1) is 5.82 Å². The Morgan fingerprint density at radius 2 is 1.82 bits per heavy atom. The van der Waals surface area contributed by atoms with Gasteiger partial charge in [0.05, 0.1) is 30.5 Å². The van der Waals surface area contributed by atoms with Crippen molar-refractivity contribution in [2.75, 3.05) is 13.2 Å². The number of amides is 3. The number of urea groups is 1. The summed E-state index contributed by atoms with van der Waals surface area (Å²) < 4.78 is 18.6. The maximum Gasteiger partial charge on any atom is 0.319 e. The molecule has 2 aromatic carbocycles. The van der Waals surface area contributed by atoms with E-state index in [0.717, 1.165) is 16.9 Å². The third-order valence-electron chi connectivity index (χ3n) is 4.83. The normalized spacial score (nSPS) is 18.6. The lowest BCUT2D eigenvalue weighted by Crippen LogP contribution is -2.44. The van der Waals surface area contributed by atoms with Gasteiger partial charge in [0.2, 0.25) is 0 Å². The first-order valence-corrected chi connectivity index (χ1v) is 9.12. The van der Waals surface area contributed by atoms with Gasteiger partial charge in [-0.2, -0.15) is 0 Å². The molecule has 6 nitrogen and oxygen atoms in total. The third-order valence-corrected chi connectivity index (χ3v) is 4.83. The van der Waals surface area contributed by atoms with E-state index >= 15 is 0 Å². The van der Waals surface area contributed by atoms with Crippen molar-refractivity contribution in [3.8, 4) is 5.75 Å². The van der Waals surface area contributed by atoms with E-state index < -0.39 is 6.04 Å². The summed E-state index contributed by atoms with van der Waals surface area (Å²) in [6.45, 7) is 3.13. The molecular weight excluding hydrogens is 361 g/mol. The number of nitrogens with zero attached hydrogens (tertiary/aromatic N) is 1. The van der Waals surface area contributed by atoms with Crippen molar-refractivity contribution in [2.24, 2.45) is 0 Å². The Morgan fingerprint density at radius 1 is 1.11 bits per heavy atom. The molecule has 2 aliphatic rings. The summed E-state index contributed by atoms with van der Waals surface area (Å²) in [5, 5.41) is 5.58. The fraction of sp³-hybridized carbons (Fsp3) is 0.238. The van der Waals surface area contributed by atoms with E-state index in [2.05, 4.69) is 10.6 Å². The number of carbonyl (C=O) groups is 2. The molecular formula is C21H20FN3O3. The van der Waals surface area contributed by atoms with Crippen molar-refractivity contribution in [1.29, 1.82) is 0 Å². The van der Waals surface area contributed by atoms with E-state index in [1.165, 1.54) is 12.1 Å². The smallest absolute Gasteiger partial charge is 0.319 e. The largest absolute Gasteiger partial charge is 0.494 e. The van der Waals surface area contributed by atoms with Crippen LogP contribution in [0.15, 0.2) is 59.8 Å². The van der Waals surface area contributed by atoms with E-state index in [0.29, 0.717) is 31.0 Å². The Bertz CT molecular complexity index is 938. The third kappa shape index (κ3) is 3.43. The zero-order valence-corrected chi connectivity index (χ0v) is 15.4. The van der Waals surface area contributed by atoms with Crippen LogP contribution in [0.3, 0.4) is 0 Å². The molecule has 4 rings (SSSR count). The van der Waals surface area contributed by atoms with Crippen molar-refractivity contribution in [2.45, 2.75) is 19.5 Å². The zero-order valence-electron chi connectivity index (χ0n) is 15.4. The predicted octanol–water partition coefficient (Wildman–Crippen LogP) is 2.87. The number of halogens is 1. The quantitative estimate of drug-likeness (QED) is 0.837. The number of benzene rings is 2. The van der Waals surface area contributed by atoms with Crippen LogP contribution < -0.4 is 15.4 Å². The molecule has 144 valence electrons. The first-order valence-electron chi connectivity index (χ1n) is 9.12. The summed E-state index contributed by atoms with van der Waals surface area (Å²) in [6, 6.07) is 12.5. The lowest BCUT2D eigenvalue weighted by Gasteiger charge is -2.25. The molecule has 0 unspecified atom stereocenters. The Balaban J connectivity index is 1.58. The van der Waals surface area contributed by atoms with E-state index in [1.807, 2.05) is 31.2 Å². The molecule has 0 fully saturated rings. The number of nitrogens with one attached hydrogen (secondary N) is 2. The first kappa shape index (κ1) is 18.0. The number of carbonyl (C=O) groups excluding carboxylic acids is 2. The first-order chi connectivity index (χ1) is 13.5. The average Bonchev–Trinajstić information content (AvgIpc) is 2.99. The second-order valence-corrected chi connectivity index (χ2v) is 6.71. The fourth-order valence-electron chi connectivity index (χ4n) is 3.54. The summed E-state index contributed by atoms with van der Waals surface area (Å²) in [4.78, 5) is 26.8. The van der Waals surface area contributed by atoms with Crippen LogP contribution in [0.4, 0.5) is 9.18 Å². The number of hydrogen-bond acceptors (Lipinski definition) is 3. The topological polar surface area (TPSA) is 70.7 Å². The van der Waals surface area contributed by atoms with Crippen molar-refractivity contribution in [3.63, 3.8) is 0 Å². The van der Waals surface area contributed by atoms with Gasteiger partial charge in [0.25, 0.3) is 5.91 Å². The van der Waals surface area contributed by atoms with Gasteiger partial charge in [0.15, 0.2) is 0 Å². The molecule has 7 heteroatoms. The van der Waals surface area contributed by atoms with Crippen LogP contribution in [-0.2, 0) is 11.3 Å². The molecule has 0 saturated carbocycles. The predicted molar refractivity (Wildman–Crippen MR) is 101 cm³/mol.